The molecule has 3 heterocycles. The topological polar surface area (TPSA) is 63.0 Å². The van der Waals surface area contributed by atoms with Crippen LogP contribution in [0.5, 0.6) is 5.75 Å². The van der Waals surface area contributed by atoms with E-state index in [0.29, 0.717) is 22.8 Å². The molecule has 1 aromatic carbocycles. The largest absolute Gasteiger partial charge is 0.507 e. The highest BCUT2D eigenvalue weighted by atomic mass is 79.9. The van der Waals surface area contributed by atoms with Gasteiger partial charge in [-0.2, -0.15) is 0 Å². The maximum absolute atomic E-state index is 9.91. The monoisotopic (exact) mass is 381 g/mol. The summed E-state index contributed by atoms with van der Waals surface area (Å²) < 4.78 is 8.27. The molecule has 0 bridgehead atoms. The fraction of sp³-hybridized carbons (Fsp3) is 0. The smallest absolute Gasteiger partial charge is 0.168 e. The molecule has 0 aliphatic carbocycles. The second-order valence-electron chi connectivity index (χ2n) is 5.15. The summed E-state index contributed by atoms with van der Waals surface area (Å²) in [6, 6.07) is 14.5. The van der Waals surface area contributed by atoms with Crippen molar-refractivity contribution < 1.29 is 9.52 Å². The zero-order valence-corrected chi connectivity index (χ0v) is 14.0. The van der Waals surface area contributed by atoms with Crippen molar-refractivity contribution in [1.29, 1.82) is 0 Å². The van der Waals surface area contributed by atoms with Crippen LogP contribution in [0.3, 0.4) is 0 Å². The maximum Gasteiger partial charge on any atom is 0.168 e. The third-order valence-electron chi connectivity index (χ3n) is 3.57. The van der Waals surface area contributed by atoms with Crippen molar-refractivity contribution in [1.82, 2.24) is 9.38 Å². The minimum atomic E-state index is 0.177. The first-order chi connectivity index (χ1) is 11.7. The standard InChI is InChI=1S/C18H12BrN3O2/c19-13-7-8-16-21-17(15-6-3-9-24-15)18(22(16)11-13)20-10-12-4-1-2-5-14(12)23/h1-11,23H. The van der Waals surface area contributed by atoms with E-state index in [-0.39, 0.29) is 5.75 Å². The quantitative estimate of drug-likeness (QED) is 0.517. The van der Waals surface area contributed by atoms with Crippen molar-refractivity contribution in [2.75, 3.05) is 0 Å². The average molecular weight is 382 g/mol. The second-order valence-corrected chi connectivity index (χ2v) is 6.07. The molecule has 3 aromatic heterocycles. The zero-order valence-electron chi connectivity index (χ0n) is 12.4. The van der Waals surface area contributed by atoms with Crippen molar-refractivity contribution in [3.05, 3.63) is 71.0 Å². The molecule has 118 valence electrons. The van der Waals surface area contributed by atoms with Crippen LogP contribution in [0.25, 0.3) is 17.1 Å². The van der Waals surface area contributed by atoms with E-state index >= 15 is 0 Å². The molecular formula is C18H12BrN3O2. The van der Waals surface area contributed by atoms with Gasteiger partial charge in [0.05, 0.1) is 6.26 Å². The molecular weight excluding hydrogens is 370 g/mol. The maximum atomic E-state index is 9.91. The molecule has 0 fully saturated rings. The molecule has 0 aliphatic heterocycles. The summed E-state index contributed by atoms with van der Waals surface area (Å²) in [5.41, 5.74) is 2.03. The van der Waals surface area contributed by atoms with Gasteiger partial charge >= 0.3 is 0 Å². The number of furan rings is 1. The number of phenols is 1. The fourth-order valence-corrected chi connectivity index (χ4v) is 2.77. The third-order valence-corrected chi connectivity index (χ3v) is 4.04. The summed E-state index contributed by atoms with van der Waals surface area (Å²) in [4.78, 5) is 9.16. The van der Waals surface area contributed by atoms with Crippen LogP contribution in [0, 0.1) is 0 Å². The molecule has 0 unspecified atom stereocenters. The number of nitrogens with zero attached hydrogens (tertiary/aromatic N) is 3. The number of rotatable bonds is 3. The van der Waals surface area contributed by atoms with Gasteiger partial charge in [-0.05, 0) is 52.3 Å². The SMILES string of the molecule is Oc1ccccc1C=Nc1c(-c2ccco2)nc2ccc(Br)cn12. The predicted molar refractivity (Wildman–Crippen MR) is 96.0 cm³/mol. The second kappa shape index (κ2) is 5.98. The molecule has 0 atom stereocenters. The van der Waals surface area contributed by atoms with Crippen molar-refractivity contribution in [2.24, 2.45) is 4.99 Å². The van der Waals surface area contributed by atoms with E-state index in [4.69, 9.17) is 4.42 Å². The van der Waals surface area contributed by atoms with Gasteiger partial charge in [-0.25, -0.2) is 9.98 Å². The molecule has 0 spiro atoms. The van der Waals surface area contributed by atoms with Crippen LogP contribution in [0.15, 0.2) is 74.9 Å². The highest BCUT2D eigenvalue weighted by molar-refractivity contribution is 9.10. The summed E-state index contributed by atoms with van der Waals surface area (Å²) in [6.07, 6.45) is 5.12. The van der Waals surface area contributed by atoms with Gasteiger partial charge in [0.1, 0.15) is 11.4 Å². The number of phenolic OH excluding ortho intramolecular Hbond substituents is 1. The van der Waals surface area contributed by atoms with Crippen molar-refractivity contribution in [3.63, 3.8) is 0 Å². The molecule has 6 heteroatoms. The Morgan fingerprint density at radius 2 is 2.00 bits per heavy atom. The van der Waals surface area contributed by atoms with Crippen LogP contribution in [0.1, 0.15) is 5.56 Å². The lowest BCUT2D eigenvalue weighted by atomic mass is 10.2. The summed E-state index contributed by atoms with van der Waals surface area (Å²) in [5, 5.41) is 9.91. The third kappa shape index (κ3) is 2.61. The lowest BCUT2D eigenvalue weighted by molar-refractivity contribution is 0.474. The Balaban J connectivity index is 1.90. The van der Waals surface area contributed by atoms with Crippen LogP contribution in [-0.2, 0) is 0 Å². The van der Waals surface area contributed by atoms with E-state index in [0.717, 1.165) is 10.1 Å². The number of imidazole rings is 1. The van der Waals surface area contributed by atoms with Crippen LogP contribution in [-0.4, -0.2) is 20.7 Å². The van der Waals surface area contributed by atoms with E-state index in [1.165, 1.54) is 0 Å². The van der Waals surface area contributed by atoms with E-state index in [1.807, 2.05) is 40.9 Å². The zero-order chi connectivity index (χ0) is 16.5. The fourth-order valence-electron chi connectivity index (χ4n) is 2.44. The molecule has 4 aromatic rings. The van der Waals surface area contributed by atoms with Gasteiger partial charge in [0.15, 0.2) is 17.3 Å². The summed E-state index contributed by atoms with van der Waals surface area (Å²) >= 11 is 3.47. The number of hydrogen-bond donors (Lipinski definition) is 1. The number of fused-ring (bicyclic) bond motifs is 1. The van der Waals surface area contributed by atoms with Crippen molar-refractivity contribution in [3.8, 4) is 17.2 Å². The number of aromatic hydroxyl groups is 1. The molecule has 24 heavy (non-hydrogen) atoms. The van der Waals surface area contributed by atoms with Gasteiger partial charge in [-0.1, -0.05) is 12.1 Å². The highest BCUT2D eigenvalue weighted by Gasteiger charge is 2.15. The molecule has 0 aliphatic rings. The molecule has 4 rings (SSSR count). The summed E-state index contributed by atoms with van der Waals surface area (Å²) in [7, 11) is 0. The van der Waals surface area contributed by atoms with E-state index < -0.39 is 0 Å². The van der Waals surface area contributed by atoms with E-state index in [2.05, 4.69) is 25.9 Å². The summed E-state index contributed by atoms with van der Waals surface area (Å²) in [5.74, 6) is 1.44. The lowest BCUT2D eigenvalue weighted by Gasteiger charge is -2.00. The number of benzene rings is 1. The minimum Gasteiger partial charge on any atom is -0.507 e. The minimum absolute atomic E-state index is 0.177. The Morgan fingerprint density at radius 3 is 2.79 bits per heavy atom. The molecule has 0 saturated heterocycles. The van der Waals surface area contributed by atoms with E-state index in [1.54, 1.807) is 30.7 Å². The number of aromatic nitrogens is 2. The first kappa shape index (κ1) is 14.7. The average Bonchev–Trinajstić information content (AvgIpc) is 3.21. The van der Waals surface area contributed by atoms with Gasteiger partial charge in [-0.15, -0.1) is 0 Å². The normalized spacial score (nSPS) is 11.5. The Hall–Kier alpha value is -2.86. The Kier molecular flexibility index (Phi) is 3.66. The van der Waals surface area contributed by atoms with Gasteiger partial charge in [0, 0.05) is 22.4 Å². The van der Waals surface area contributed by atoms with Gasteiger partial charge < -0.3 is 9.52 Å². The van der Waals surface area contributed by atoms with Crippen molar-refractivity contribution >= 4 is 33.6 Å². The number of pyridine rings is 1. The molecule has 0 amide bonds. The van der Waals surface area contributed by atoms with Crippen LogP contribution >= 0.6 is 15.9 Å². The van der Waals surface area contributed by atoms with E-state index in [9.17, 15) is 5.11 Å². The Bertz CT molecular complexity index is 1040. The first-order valence-corrected chi connectivity index (χ1v) is 8.05. The van der Waals surface area contributed by atoms with Gasteiger partial charge in [0.25, 0.3) is 0 Å². The Labute approximate surface area is 146 Å². The van der Waals surface area contributed by atoms with Gasteiger partial charge in [-0.3, -0.25) is 4.40 Å². The number of hydrogen-bond acceptors (Lipinski definition) is 4. The van der Waals surface area contributed by atoms with Crippen LogP contribution in [0.4, 0.5) is 5.82 Å². The van der Waals surface area contributed by atoms with Gasteiger partial charge in [0.2, 0.25) is 0 Å². The lowest BCUT2D eigenvalue weighted by Crippen LogP contribution is -1.86. The van der Waals surface area contributed by atoms with Crippen LogP contribution in [0.2, 0.25) is 0 Å². The number of para-hydroxylation sites is 1. The molecule has 0 radical (unpaired) electrons. The van der Waals surface area contributed by atoms with Crippen molar-refractivity contribution in [2.45, 2.75) is 0 Å². The number of halogens is 1. The van der Waals surface area contributed by atoms with Crippen LogP contribution < -0.4 is 0 Å². The first-order valence-electron chi connectivity index (χ1n) is 7.26. The highest BCUT2D eigenvalue weighted by Crippen LogP contribution is 2.32. The molecule has 0 saturated carbocycles. The molecule has 1 N–H and O–H groups in total. The predicted octanol–water partition coefficient (Wildman–Crippen LogP) is 4.81. The molecule has 5 nitrogen and oxygen atoms in total. The summed E-state index contributed by atoms with van der Waals surface area (Å²) in [6.45, 7) is 0. The number of aliphatic imine (C=N–C) groups is 1. The Morgan fingerprint density at radius 1 is 1.12 bits per heavy atom.